The van der Waals surface area contributed by atoms with Crippen LogP contribution in [-0.4, -0.2) is 19.7 Å². The molecule has 0 aliphatic heterocycles. The summed E-state index contributed by atoms with van der Waals surface area (Å²) in [5, 5.41) is 2.57. The molecule has 1 rings (SSSR count). The van der Waals surface area contributed by atoms with Gasteiger partial charge in [0.15, 0.2) is 0 Å². The molecule has 0 atom stereocenters. The number of hydrogen-bond donors (Lipinski definition) is 1. The van der Waals surface area contributed by atoms with Gasteiger partial charge in [-0.3, -0.25) is 0 Å². The third-order valence-corrected chi connectivity index (χ3v) is 1.81. The SMILES string of the molecule is C=C(CNC(=O)OC)c1ccccc1. The fraction of sp³-hybridized carbons (Fsp3) is 0.182. The summed E-state index contributed by atoms with van der Waals surface area (Å²) in [6.45, 7) is 4.26. The van der Waals surface area contributed by atoms with E-state index in [9.17, 15) is 4.79 Å². The summed E-state index contributed by atoms with van der Waals surface area (Å²) >= 11 is 0. The predicted octanol–water partition coefficient (Wildman–Crippen LogP) is 2.06. The lowest BCUT2D eigenvalue weighted by molar-refractivity contribution is 0.172. The van der Waals surface area contributed by atoms with E-state index in [1.54, 1.807) is 0 Å². The molecule has 0 fully saturated rings. The molecule has 1 aromatic rings. The molecule has 3 heteroatoms. The first-order valence-corrected chi connectivity index (χ1v) is 4.29. The van der Waals surface area contributed by atoms with Gasteiger partial charge in [-0.25, -0.2) is 4.79 Å². The van der Waals surface area contributed by atoms with Crippen LogP contribution in [0.15, 0.2) is 36.9 Å². The molecular formula is C11H13NO2. The molecule has 74 valence electrons. The molecule has 0 spiro atoms. The Balaban J connectivity index is 2.48. The van der Waals surface area contributed by atoms with E-state index in [0.29, 0.717) is 6.54 Å². The van der Waals surface area contributed by atoms with E-state index >= 15 is 0 Å². The van der Waals surface area contributed by atoms with Gasteiger partial charge in [0.05, 0.1) is 7.11 Å². The van der Waals surface area contributed by atoms with E-state index in [2.05, 4.69) is 16.6 Å². The Morgan fingerprint density at radius 3 is 2.64 bits per heavy atom. The summed E-state index contributed by atoms with van der Waals surface area (Å²) in [4.78, 5) is 10.8. The summed E-state index contributed by atoms with van der Waals surface area (Å²) < 4.78 is 4.45. The summed E-state index contributed by atoms with van der Waals surface area (Å²) in [6.07, 6.45) is -0.443. The number of carbonyl (C=O) groups excluding carboxylic acids is 1. The first-order chi connectivity index (χ1) is 6.74. The third-order valence-electron chi connectivity index (χ3n) is 1.81. The van der Waals surface area contributed by atoms with Gasteiger partial charge in [-0.1, -0.05) is 36.9 Å². The molecule has 0 aromatic heterocycles. The maximum Gasteiger partial charge on any atom is 0.407 e. The molecule has 1 amide bonds. The van der Waals surface area contributed by atoms with Crippen LogP contribution in [0.5, 0.6) is 0 Å². The number of hydrogen-bond acceptors (Lipinski definition) is 2. The minimum Gasteiger partial charge on any atom is -0.453 e. The van der Waals surface area contributed by atoms with Gasteiger partial charge in [0.1, 0.15) is 0 Å². The minimum absolute atomic E-state index is 0.399. The van der Waals surface area contributed by atoms with E-state index in [1.807, 2.05) is 30.3 Å². The van der Waals surface area contributed by atoms with E-state index in [0.717, 1.165) is 11.1 Å². The van der Waals surface area contributed by atoms with Crippen LogP contribution < -0.4 is 5.32 Å². The molecule has 0 heterocycles. The van der Waals surface area contributed by atoms with Crippen LogP contribution in [-0.2, 0) is 4.74 Å². The number of rotatable bonds is 3. The maximum atomic E-state index is 10.8. The summed E-state index contributed by atoms with van der Waals surface area (Å²) in [5.41, 5.74) is 1.87. The minimum atomic E-state index is -0.443. The molecule has 0 bridgehead atoms. The Labute approximate surface area is 83.4 Å². The van der Waals surface area contributed by atoms with Crippen molar-refractivity contribution < 1.29 is 9.53 Å². The van der Waals surface area contributed by atoms with Crippen molar-refractivity contribution in [3.8, 4) is 0 Å². The Hall–Kier alpha value is -1.77. The van der Waals surface area contributed by atoms with Crippen LogP contribution in [0.4, 0.5) is 4.79 Å². The van der Waals surface area contributed by atoms with Gasteiger partial charge < -0.3 is 10.1 Å². The van der Waals surface area contributed by atoms with Gasteiger partial charge in [-0.05, 0) is 11.1 Å². The molecule has 1 aromatic carbocycles. The number of nitrogens with one attached hydrogen (secondary N) is 1. The van der Waals surface area contributed by atoms with E-state index in [4.69, 9.17) is 0 Å². The Bertz CT molecular complexity index is 319. The topological polar surface area (TPSA) is 38.3 Å². The highest BCUT2D eigenvalue weighted by Gasteiger charge is 2.00. The van der Waals surface area contributed by atoms with E-state index in [-0.39, 0.29) is 0 Å². The van der Waals surface area contributed by atoms with Gasteiger partial charge in [-0.2, -0.15) is 0 Å². The third kappa shape index (κ3) is 2.94. The predicted molar refractivity (Wildman–Crippen MR) is 55.9 cm³/mol. The normalized spacial score (nSPS) is 9.21. The van der Waals surface area contributed by atoms with Crippen LogP contribution in [0, 0.1) is 0 Å². The van der Waals surface area contributed by atoms with Crippen LogP contribution in [0.3, 0.4) is 0 Å². The monoisotopic (exact) mass is 191 g/mol. The van der Waals surface area contributed by atoms with Gasteiger partial charge in [-0.15, -0.1) is 0 Å². The summed E-state index contributed by atoms with van der Waals surface area (Å²) in [6, 6.07) is 9.68. The smallest absolute Gasteiger partial charge is 0.407 e. The zero-order valence-electron chi connectivity index (χ0n) is 8.12. The fourth-order valence-corrected chi connectivity index (χ4v) is 1.03. The van der Waals surface area contributed by atoms with Gasteiger partial charge in [0, 0.05) is 6.54 Å². The zero-order valence-corrected chi connectivity index (χ0v) is 8.12. The van der Waals surface area contributed by atoms with Crippen molar-refractivity contribution in [2.45, 2.75) is 0 Å². The second-order valence-electron chi connectivity index (χ2n) is 2.81. The van der Waals surface area contributed by atoms with Crippen LogP contribution >= 0.6 is 0 Å². The van der Waals surface area contributed by atoms with Crippen molar-refractivity contribution >= 4 is 11.7 Å². The van der Waals surface area contributed by atoms with Crippen molar-refractivity contribution in [1.29, 1.82) is 0 Å². The second-order valence-corrected chi connectivity index (χ2v) is 2.81. The first-order valence-electron chi connectivity index (χ1n) is 4.29. The first kappa shape index (κ1) is 10.3. The largest absolute Gasteiger partial charge is 0.453 e. The van der Waals surface area contributed by atoms with Crippen molar-refractivity contribution in [2.75, 3.05) is 13.7 Å². The van der Waals surface area contributed by atoms with Gasteiger partial charge >= 0.3 is 6.09 Å². The Morgan fingerprint density at radius 1 is 1.43 bits per heavy atom. The molecule has 0 saturated heterocycles. The van der Waals surface area contributed by atoms with Crippen LogP contribution in [0.2, 0.25) is 0 Å². The average Bonchev–Trinajstić information content (AvgIpc) is 2.26. The highest BCUT2D eigenvalue weighted by Crippen LogP contribution is 2.09. The lowest BCUT2D eigenvalue weighted by atomic mass is 10.1. The van der Waals surface area contributed by atoms with Gasteiger partial charge in [0.2, 0.25) is 0 Å². The maximum absolute atomic E-state index is 10.8. The van der Waals surface area contributed by atoms with Crippen molar-refractivity contribution in [3.63, 3.8) is 0 Å². The number of amides is 1. The van der Waals surface area contributed by atoms with Crippen LogP contribution in [0.25, 0.3) is 5.57 Å². The summed E-state index contributed by atoms with van der Waals surface area (Å²) in [7, 11) is 1.33. The highest BCUT2D eigenvalue weighted by molar-refractivity contribution is 5.72. The molecule has 1 N–H and O–H groups in total. The molecule has 0 unspecified atom stereocenters. The second kappa shape index (κ2) is 5.07. The number of carbonyl (C=O) groups is 1. The Kier molecular flexibility index (Phi) is 3.73. The number of ether oxygens (including phenoxy) is 1. The molecular weight excluding hydrogens is 178 g/mol. The lowest BCUT2D eigenvalue weighted by Gasteiger charge is -2.06. The number of methoxy groups -OCH3 is 1. The molecule has 0 radical (unpaired) electrons. The molecule has 0 aliphatic carbocycles. The lowest BCUT2D eigenvalue weighted by Crippen LogP contribution is -2.24. The van der Waals surface area contributed by atoms with E-state index < -0.39 is 6.09 Å². The quantitative estimate of drug-likeness (QED) is 0.794. The van der Waals surface area contributed by atoms with Crippen molar-refractivity contribution in [2.24, 2.45) is 0 Å². The fourth-order valence-electron chi connectivity index (χ4n) is 1.03. The number of alkyl carbamates (subject to hydrolysis) is 1. The molecule has 0 aliphatic rings. The number of benzene rings is 1. The molecule has 0 saturated carbocycles. The zero-order chi connectivity index (χ0) is 10.4. The van der Waals surface area contributed by atoms with Crippen molar-refractivity contribution in [1.82, 2.24) is 5.32 Å². The van der Waals surface area contributed by atoms with Crippen molar-refractivity contribution in [3.05, 3.63) is 42.5 Å². The van der Waals surface area contributed by atoms with E-state index in [1.165, 1.54) is 7.11 Å². The van der Waals surface area contributed by atoms with Crippen LogP contribution in [0.1, 0.15) is 5.56 Å². The summed E-state index contributed by atoms with van der Waals surface area (Å²) in [5.74, 6) is 0. The molecule has 14 heavy (non-hydrogen) atoms. The average molecular weight is 191 g/mol. The molecule has 3 nitrogen and oxygen atoms in total. The highest BCUT2D eigenvalue weighted by atomic mass is 16.5. The Morgan fingerprint density at radius 2 is 2.07 bits per heavy atom. The van der Waals surface area contributed by atoms with Gasteiger partial charge in [0.25, 0.3) is 0 Å². The standard InChI is InChI=1S/C11H13NO2/c1-9(8-12-11(13)14-2)10-6-4-3-5-7-10/h3-7H,1,8H2,2H3,(H,12,13).